The average molecular weight is 1040 g/mol. The zero-order chi connectivity index (χ0) is 53.6. The molecule has 74 heavy (non-hydrogen) atoms. The molecule has 0 aliphatic rings. The zero-order valence-corrected chi connectivity index (χ0v) is 49.6. The number of ether oxygens (including phenoxy) is 1. The predicted octanol–water partition coefficient (Wildman–Crippen LogP) is 20.9. The minimum absolute atomic E-state index is 0.0229. The van der Waals surface area contributed by atoms with Gasteiger partial charge in [-0.2, -0.15) is 0 Å². The summed E-state index contributed by atoms with van der Waals surface area (Å²) in [6, 6.07) is -0.647. The first kappa shape index (κ1) is 71.8. The van der Waals surface area contributed by atoms with Crippen molar-refractivity contribution in [2.75, 3.05) is 13.2 Å². The third-order valence-corrected chi connectivity index (χ3v) is 15.1. The van der Waals surface area contributed by atoms with Crippen molar-refractivity contribution < 1.29 is 24.5 Å². The van der Waals surface area contributed by atoms with Crippen molar-refractivity contribution in [3.8, 4) is 0 Å². The Morgan fingerprint density at radius 3 is 1.04 bits per heavy atom. The maximum atomic E-state index is 12.5. The van der Waals surface area contributed by atoms with Crippen molar-refractivity contribution >= 4 is 11.9 Å². The van der Waals surface area contributed by atoms with Gasteiger partial charge in [-0.25, -0.2) is 0 Å². The summed E-state index contributed by atoms with van der Waals surface area (Å²) in [6.07, 6.45) is 81.6. The Kier molecular flexibility index (Phi) is 61.5. The molecule has 0 bridgehead atoms. The van der Waals surface area contributed by atoms with Crippen LogP contribution >= 0.6 is 0 Å². The van der Waals surface area contributed by atoms with Gasteiger partial charge >= 0.3 is 5.97 Å². The van der Waals surface area contributed by atoms with E-state index in [1.165, 1.54) is 244 Å². The largest absolute Gasteiger partial charge is 0.466 e. The number of unbranched alkanes of at least 4 members (excludes halogenated alkanes) is 45. The second kappa shape index (κ2) is 63.4. The van der Waals surface area contributed by atoms with Gasteiger partial charge in [-0.05, 0) is 89.9 Å². The molecule has 0 aromatic carbocycles. The summed E-state index contributed by atoms with van der Waals surface area (Å²) in [5, 5.41) is 23.2. The summed E-state index contributed by atoms with van der Waals surface area (Å²) in [6.45, 7) is 4.87. The van der Waals surface area contributed by atoms with Gasteiger partial charge in [0.15, 0.2) is 0 Å². The highest BCUT2D eigenvalue weighted by molar-refractivity contribution is 5.76. The first-order valence-corrected chi connectivity index (χ1v) is 32.9. The van der Waals surface area contributed by atoms with Crippen molar-refractivity contribution in [1.29, 1.82) is 0 Å². The molecule has 0 radical (unpaired) electrons. The number of nitrogens with one attached hydrogen (secondary N) is 1. The van der Waals surface area contributed by atoms with Crippen LogP contribution in [0.2, 0.25) is 0 Å². The van der Waals surface area contributed by atoms with Crippen LogP contribution in [0.25, 0.3) is 0 Å². The summed E-state index contributed by atoms with van der Waals surface area (Å²) >= 11 is 0. The molecule has 0 saturated carbocycles. The van der Waals surface area contributed by atoms with Crippen molar-refractivity contribution in [2.45, 2.75) is 360 Å². The molecule has 0 aliphatic carbocycles. The molecule has 1 amide bonds. The fraction of sp³-hybridized carbons (Fsp3) is 0.853. The Morgan fingerprint density at radius 2 is 0.676 bits per heavy atom. The fourth-order valence-electron chi connectivity index (χ4n) is 10.0. The first-order valence-electron chi connectivity index (χ1n) is 32.9. The van der Waals surface area contributed by atoms with Crippen molar-refractivity contribution in [1.82, 2.24) is 5.32 Å². The monoisotopic (exact) mass is 1040 g/mol. The quantitative estimate of drug-likeness (QED) is 0.0244. The molecule has 0 rings (SSSR count). The van der Waals surface area contributed by atoms with Crippen molar-refractivity contribution in [2.24, 2.45) is 0 Å². The van der Waals surface area contributed by atoms with Crippen molar-refractivity contribution in [3.63, 3.8) is 0 Å². The summed E-state index contributed by atoms with van der Waals surface area (Å²) in [7, 11) is 0. The Morgan fingerprint density at radius 1 is 0.378 bits per heavy atom. The third-order valence-electron chi connectivity index (χ3n) is 15.1. The number of esters is 1. The van der Waals surface area contributed by atoms with Gasteiger partial charge in [0.1, 0.15) is 0 Å². The lowest BCUT2D eigenvalue weighted by Gasteiger charge is -2.20. The van der Waals surface area contributed by atoms with E-state index in [1.807, 2.05) is 6.08 Å². The normalized spacial score (nSPS) is 12.9. The van der Waals surface area contributed by atoms with Gasteiger partial charge in [0.2, 0.25) is 5.91 Å². The summed E-state index contributed by atoms with van der Waals surface area (Å²) in [5.74, 6) is -0.111. The van der Waals surface area contributed by atoms with E-state index in [1.54, 1.807) is 6.08 Å². The highest BCUT2D eigenvalue weighted by atomic mass is 16.5. The van der Waals surface area contributed by atoms with E-state index < -0.39 is 12.1 Å². The number of rotatable bonds is 61. The predicted molar refractivity (Wildman–Crippen MR) is 324 cm³/mol. The van der Waals surface area contributed by atoms with E-state index in [4.69, 9.17) is 4.74 Å². The smallest absolute Gasteiger partial charge is 0.305 e. The molecule has 0 spiro atoms. The van der Waals surface area contributed by atoms with Gasteiger partial charge in [0.25, 0.3) is 0 Å². The number of hydrogen-bond acceptors (Lipinski definition) is 5. The third kappa shape index (κ3) is 59.1. The van der Waals surface area contributed by atoms with Crippen LogP contribution in [0.3, 0.4) is 0 Å². The molecule has 0 aromatic rings. The van der Waals surface area contributed by atoms with Crippen LogP contribution in [-0.2, 0) is 14.3 Å². The van der Waals surface area contributed by atoms with E-state index in [2.05, 4.69) is 55.6 Å². The van der Waals surface area contributed by atoms with E-state index >= 15 is 0 Å². The van der Waals surface area contributed by atoms with Crippen molar-refractivity contribution in [3.05, 3.63) is 48.6 Å². The van der Waals surface area contributed by atoms with Crippen LogP contribution in [-0.4, -0.2) is 47.4 Å². The molecule has 0 aromatic heterocycles. The maximum Gasteiger partial charge on any atom is 0.305 e. The molecular weight excluding hydrogens is 911 g/mol. The van der Waals surface area contributed by atoms with Crippen LogP contribution in [0.4, 0.5) is 0 Å². The molecule has 434 valence electrons. The number of aliphatic hydroxyl groups is 2. The Hall–Kier alpha value is -2.18. The number of allylic oxidation sites excluding steroid dienone is 7. The standard InChI is InChI=1S/C68H127NO5/c1-3-5-7-9-11-13-15-17-19-21-23-24-25-26-28-29-32-36-40-44-48-52-56-60-66(71)65(64-70)69-67(72)61-57-53-49-45-41-37-33-31-35-39-43-47-51-55-59-63-74-68(73)62-58-54-50-46-42-38-34-30-27-22-20-18-16-14-12-10-8-6-4-2/h18,20,31,35,39,43,56,60,65-66,70-71H,3-17,19,21-30,32-34,36-38,40-42,44-55,57-59,61-64H2,1-2H3,(H,69,72)/b20-18-,35-31-,43-39-,60-56+. The van der Waals surface area contributed by atoms with Gasteiger partial charge in [0, 0.05) is 12.8 Å². The van der Waals surface area contributed by atoms with Crippen LogP contribution in [0.1, 0.15) is 348 Å². The van der Waals surface area contributed by atoms with Crippen LogP contribution in [0, 0.1) is 0 Å². The Labute approximate surface area is 461 Å². The zero-order valence-electron chi connectivity index (χ0n) is 49.6. The summed E-state index contributed by atoms with van der Waals surface area (Å²) in [5.41, 5.74) is 0. The van der Waals surface area contributed by atoms with E-state index in [0.717, 1.165) is 77.0 Å². The lowest BCUT2D eigenvalue weighted by atomic mass is 10.0. The SMILES string of the molecule is CCCCCCCC/C=C\CCCCCCCCCCCC(=O)OCCCCC/C=C\C=C/CCCCCCCCC(=O)NC(CO)C(O)/C=C/CCCCCCCCCCCCCCCCCCCCCCC. The maximum absolute atomic E-state index is 12.5. The number of amides is 1. The first-order chi connectivity index (χ1) is 36.5. The van der Waals surface area contributed by atoms with Crippen LogP contribution in [0.5, 0.6) is 0 Å². The molecule has 6 heteroatoms. The summed E-state index contributed by atoms with van der Waals surface area (Å²) in [4.78, 5) is 24.6. The molecule has 3 N–H and O–H groups in total. The number of carbonyl (C=O) groups is 2. The molecule has 2 atom stereocenters. The van der Waals surface area contributed by atoms with E-state index in [-0.39, 0.29) is 18.5 Å². The minimum Gasteiger partial charge on any atom is -0.466 e. The molecule has 0 heterocycles. The topological polar surface area (TPSA) is 95.9 Å². The molecule has 0 aliphatic heterocycles. The lowest BCUT2D eigenvalue weighted by Crippen LogP contribution is -2.45. The molecular formula is C68H127NO5. The van der Waals surface area contributed by atoms with Gasteiger partial charge in [-0.1, -0.05) is 294 Å². The Balaban J connectivity index is 3.52. The van der Waals surface area contributed by atoms with Crippen LogP contribution < -0.4 is 5.32 Å². The highest BCUT2D eigenvalue weighted by Gasteiger charge is 2.18. The molecule has 0 saturated heterocycles. The number of aliphatic hydroxyl groups excluding tert-OH is 2. The van der Waals surface area contributed by atoms with Gasteiger partial charge in [-0.15, -0.1) is 0 Å². The fourth-order valence-corrected chi connectivity index (χ4v) is 10.0. The van der Waals surface area contributed by atoms with E-state index in [9.17, 15) is 19.8 Å². The second-order valence-electron chi connectivity index (χ2n) is 22.5. The molecule has 0 fully saturated rings. The minimum atomic E-state index is -0.861. The second-order valence-corrected chi connectivity index (χ2v) is 22.5. The summed E-state index contributed by atoms with van der Waals surface area (Å²) < 4.78 is 5.47. The number of hydrogen-bond donors (Lipinski definition) is 3. The van der Waals surface area contributed by atoms with E-state index in [0.29, 0.717) is 19.4 Å². The van der Waals surface area contributed by atoms with Gasteiger partial charge < -0.3 is 20.3 Å². The molecule has 6 nitrogen and oxygen atoms in total. The number of carbonyl (C=O) groups excluding carboxylic acids is 2. The molecule has 2 unspecified atom stereocenters. The van der Waals surface area contributed by atoms with Gasteiger partial charge in [0.05, 0.1) is 25.4 Å². The Bertz CT molecular complexity index is 1240. The average Bonchev–Trinajstić information content (AvgIpc) is 3.40. The highest BCUT2D eigenvalue weighted by Crippen LogP contribution is 2.17. The van der Waals surface area contributed by atoms with Crippen LogP contribution in [0.15, 0.2) is 48.6 Å². The van der Waals surface area contributed by atoms with Gasteiger partial charge in [-0.3, -0.25) is 9.59 Å². The lowest BCUT2D eigenvalue weighted by molar-refractivity contribution is -0.143.